The van der Waals surface area contributed by atoms with Crippen molar-refractivity contribution in [3.05, 3.63) is 23.3 Å². The summed E-state index contributed by atoms with van der Waals surface area (Å²) in [7, 11) is 0. The molecule has 57 heavy (non-hydrogen) atoms. The van der Waals surface area contributed by atoms with Crippen LogP contribution < -0.4 is 0 Å². The fraction of sp³-hybridized carbons (Fsp3) is 0.837. The van der Waals surface area contributed by atoms with Crippen molar-refractivity contribution < 1.29 is 69.1 Å². The van der Waals surface area contributed by atoms with E-state index in [0.29, 0.717) is 44.1 Å². The molecule has 5 fully saturated rings. The molecule has 6 rings (SSSR count). The number of ether oxygens (including phenoxy) is 4. The minimum absolute atomic E-state index is 0.0767. The standard InChI is InChI=1S/C43H66O14/c1-10-21(2)36(53)57-34-33(50)43(20-45)24(17-38(34,4)5)23-11-12-26-39(6)15-14-27(55-37-31(49)29(47)30(48)32(56-37)35(51)52)40(7,19-44)25(39)13-16-41(26,8)42(23,9)18-28(43)54-22(3)46/h10-11,24-34,37,44-45,47-50H,12-20H2,1-9H3,(H,51,52)/b21-10+/t24-,25+,26+,27-,28-,29-,30-,31+,32-,33-,34-,37+,39-,40-,41+,42+,43-/m0/s1. The summed E-state index contributed by atoms with van der Waals surface area (Å²) in [5, 5.41) is 76.2. The summed E-state index contributed by atoms with van der Waals surface area (Å²) in [6, 6.07) is 0. The molecule has 7 N–H and O–H groups in total. The first-order chi connectivity index (χ1) is 26.4. The van der Waals surface area contributed by atoms with Crippen LogP contribution in [0.3, 0.4) is 0 Å². The second kappa shape index (κ2) is 14.9. The van der Waals surface area contributed by atoms with Crippen molar-refractivity contribution in [1.29, 1.82) is 0 Å². The Morgan fingerprint density at radius 3 is 2.11 bits per heavy atom. The first-order valence-electron chi connectivity index (χ1n) is 20.6. The van der Waals surface area contributed by atoms with E-state index in [2.05, 4.69) is 26.8 Å². The Kier molecular flexibility index (Phi) is 11.6. The minimum atomic E-state index is -1.85. The van der Waals surface area contributed by atoms with E-state index in [4.69, 9.17) is 18.9 Å². The van der Waals surface area contributed by atoms with E-state index in [1.807, 2.05) is 20.8 Å². The lowest BCUT2D eigenvalue weighted by Crippen LogP contribution is -2.72. The molecule has 1 aliphatic heterocycles. The smallest absolute Gasteiger partial charge is 0.335 e. The highest BCUT2D eigenvalue weighted by Crippen LogP contribution is 2.76. The first-order valence-corrected chi connectivity index (χ1v) is 20.6. The summed E-state index contributed by atoms with van der Waals surface area (Å²) in [4.78, 5) is 37.9. The average molecular weight is 807 g/mol. The van der Waals surface area contributed by atoms with Crippen molar-refractivity contribution in [1.82, 2.24) is 0 Å². The van der Waals surface area contributed by atoms with Gasteiger partial charge in [0.2, 0.25) is 0 Å². The van der Waals surface area contributed by atoms with Gasteiger partial charge >= 0.3 is 17.9 Å². The van der Waals surface area contributed by atoms with Crippen LogP contribution in [-0.4, -0.2) is 122 Å². The number of fused-ring (bicyclic) bond motifs is 7. The molecule has 0 aromatic heterocycles. The molecular formula is C43H66O14. The maximum absolute atomic E-state index is 13.1. The van der Waals surface area contributed by atoms with Crippen molar-refractivity contribution in [2.45, 2.75) is 162 Å². The van der Waals surface area contributed by atoms with Crippen LogP contribution in [0, 0.1) is 50.2 Å². The second-order valence-electron chi connectivity index (χ2n) is 19.9. The molecule has 14 heteroatoms. The molecule has 0 aromatic carbocycles. The largest absolute Gasteiger partial charge is 0.479 e. The summed E-state index contributed by atoms with van der Waals surface area (Å²) in [5.41, 5.74) is -2.69. The normalized spacial score (nSPS) is 49.2. The Morgan fingerprint density at radius 2 is 1.53 bits per heavy atom. The number of carbonyl (C=O) groups is 3. The van der Waals surface area contributed by atoms with Crippen molar-refractivity contribution in [3.8, 4) is 0 Å². The summed E-state index contributed by atoms with van der Waals surface area (Å²) in [5.74, 6) is -3.01. The van der Waals surface area contributed by atoms with Gasteiger partial charge in [-0.2, -0.15) is 0 Å². The molecule has 0 amide bonds. The van der Waals surface area contributed by atoms with Gasteiger partial charge in [-0.3, -0.25) is 4.79 Å². The molecule has 0 spiro atoms. The van der Waals surface area contributed by atoms with Crippen LogP contribution in [-0.2, 0) is 33.3 Å². The van der Waals surface area contributed by atoms with Crippen LogP contribution in [0.15, 0.2) is 23.3 Å². The molecule has 1 saturated heterocycles. The highest BCUT2D eigenvalue weighted by Gasteiger charge is 2.74. The Morgan fingerprint density at radius 1 is 0.860 bits per heavy atom. The van der Waals surface area contributed by atoms with Gasteiger partial charge in [-0.25, -0.2) is 9.59 Å². The van der Waals surface area contributed by atoms with Gasteiger partial charge in [-0.1, -0.05) is 59.3 Å². The zero-order valence-corrected chi connectivity index (χ0v) is 34.9. The van der Waals surface area contributed by atoms with E-state index < -0.39 is 107 Å². The number of rotatable bonds is 8. The Bertz CT molecular complexity index is 1660. The van der Waals surface area contributed by atoms with Crippen LogP contribution in [0.5, 0.6) is 0 Å². The number of carboxylic acids is 1. The number of aliphatic carboxylic acids is 1. The van der Waals surface area contributed by atoms with Gasteiger partial charge in [-0.05, 0) is 92.8 Å². The molecule has 5 aliphatic carbocycles. The van der Waals surface area contributed by atoms with E-state index in [-0.39, 0.29) is 29.3 Å². The molecule has 6 aliphatic rings. The van der Waals surface area contributed by atoms with Gasteiger partial charge < -0.3 is 54.7 Å². The van der Waals surface area contributed by atoms with Gasteiger partial charge in [0.15, 0.2) is 12.4 Å². The molecule has 0 bridgehead atoms. The lowest BCUT2D eigenvalue weighted by atomic mass is 9.33. The van der Waals surface area contributed by atoms with E-state index in [1.165, 1.54) is 6.92 Å². The number of carboxylic acid groups (broad SMARTS) is 1. The third-order valence-electron chi connectivity index (χ3n) is 16.8. The molecule has 0 radical (unpaired) electrons. The summed E-state index contributed by atoms with van der Waals surface area (Å²) in [6.45, 7) is 16.6. The SMILES string of the molecule is C/C=C(\C)C(=O)O[C@H]1[C@H](O)[C@]2(CO)[C@@H](OC(C)=O)C[C@]3(C)C(=CC[C@@H]4[C@@]5(C)CC[C@H](O[C@@H]6O[C@H](C(=O)O)[C@@H](O)[C@H](O)[C@H]6O)[C@@](C)(CO)[C@@H]5CC[C@]43C)[C@@H]2CC1(C)C. The number of esters is 2. The van der Waals surface area contributed by atoms with Gasteiger partial charge in [0.05, 0.1) is 24.7 Å². The maximum atomic E-state index is 13.1. The fourth-order valence-electron chi connectivity index (χ4n) is 13.3. The summed E-state index contributed by atoms with van der Waals surface area (Å²) >= 11 is 0. The third kappa shape index (κ3) is 6.37. The Labute approximate surface area is 335 Å². The zero-order chi connectivity index (χ0) is 42.4. The molecule has 1 heterocycles. The predicted molar refractivity (Wildman–Crippen MR) is 204 cm³/mol. The number of carbonyl (C=O) groups excluding carboxylic acids is 2. The number of hydrogen-bond donors (Lipinski definition) is 7. The minimum Gasteiger partial charge on any atom is -0.479 e. The summed E-state index contributed by atoms with van der Waals surface area (Å²) < 4.78 is 24.0. The topological polar surface area (TPSA) is 230 Å². The molecule has 17 atom stereocenters. The molecular weight excluding hydrogens is 740 g/mol. The van der Waals surface area contributed by atoms with Crippen LogP contribution in [0.25, 0.3) is 0 Å². The van der Waals surface area contributed by atoms with Gasteiger partial charge in [0.1, 0.15) is 36.6 Å². The summed E-state index contributed by atoms with van der Waals surface area (Å²) in [6.07, 6.45) is -4.74. The highest BCUT2D eigenvalue weighted by atomic mass is 16.7. The number of aliphatic hydroxyl groups excluding tert-OH is 6. The fourth-order valence-corrected chi connectivity index (χ4v) is 13.3. The van der Waals surface area contributed by atoms with Crippen molar-refractivity contribution in [2.75, 3.05) is 13.2 Å². The van der Waals surface area contributed by atoms with Gasteiger partial charge in [0.25, 0.3) is 0 Å². The van der Waals surface area contributed by atoms with Crippen molar-refractivity contribution in [2.24, 2.45) is 50.2 Å². The molecule has 322 valence electrons. The van der Waals surface area contributed by atoms with E-state index in [9.17, 15) is 50.1 Å². The average Bonchev–Trinajstić information content (AvgIpc) is 3.13. The van der Waals surface area contributed by atoms with Crippen LogP contribution in [0.1, 0.15) is 107 Å². The van der Waals surface area contributed by atoms with Crippen molar-refractivity contribution >= 4 is 17.9 Å². The van der Waals surface area contributed by atoms with Crippen LogP contribution in [0.2, 0.25) is 0 Å². The molecule has 14 nitrogen and oxygen atoms in total. The lowest BCUT2D eigenvalue weighted by molar-refractivity contribution is -0.328. The lowest BCUT2D eigenvalue weighted by Gasteiger charge is -2.72. The van der Waals surface area contributed by atoms with Crippen molar-refractivity contribution in [3.63, 3.8) is 0 Å². The monoisotopic (exact) mass is 806 g/mol. The molecule has 0 aromatic rings. The van der Waals surface area contributed by atoms with Gasteiger partial charge in [-0.15, -0.1) is 0 Å². The first kappa shape index (κ1) is 44.1. The Balaban J connectivity index is 1.37. The number of aliphatic hydroxyl groups is 6. The predicted octanol–water partition coefficient (Wildman–Crippen LogP) is 3.03. The zero-order valence-electron chi connectivity index (χ0n) is 34.9. The molecule has 4 saturated carbocycles. The number of allylic oxidation sites excluding steroid dienone is 3. The molecule has 0 unspecified atom stereocenters. The second-order valence-corrected chi connectivity index (χ2v) is 19.9. The van der Waals surface area contributed by atoms with E-state index in [0.717, 1.165) is 12.0 Å². The van der Waals surface area contributed by atoms with Gasteiger partial charge in [0, 0.05) is 23.3 Å². The maximum Gasteiger partial charge on any atom is 0.335 e. The van der Waals surface area contributed by atoms with Crippen LogP contribution >= 0.6 is 0 Å². The highest BCUT2D eigenvalue weighted by molar-refractivity contribution is 5.87. The Hall–Kier alpha value is -2.43. The quantitative estimate of drug-likeness (QED) is 0.0810. The van der Waals surface area contributed by atoms with Crippen LogP contribution in [0.4, 0.5) is 0 Å². The van der Waals surface area contributed by atoms with E-state index in [1.54, 1.807) is 19.9 Å². The third-order valence-corrected chi connectivity index (χ3v) is 16.8. The van der Waals surface area contributed by atoms with E-state index >= 15 is 0 Å². The number of hydrogen-bond acceptors (Lipinski definition) is 13.